The van der Waals surface area contributed by atoms with Crippen LogP contribution < -0.4 is 14.8 Å². The summed E-state index contributed by atoms with van der Waals surface area (Å²) in [6.07, 6.45) is -0.00575. The van der Waals surface area contributed by atoms with E-state index in [4.69, 9.17) is 9.47 Å². The smallest absolute Gasteiger partial charge is 0.411 e. The lowest BCUT2D eigenvalue weighted by Crippen LogP contribution is -2.32. The molecule has 124 valence electrons. The second-order valence-corrected chi connectivity index (χ2v) is 6.35. The van der Waals surface area contributed by atoms with Crippen molar-refractivity contribution in [1.82, 2.24) is 4.72 Å². The number of hydrogen-bond donors (Lipinski definition) is 2. The fourth-order valence-electron chi connectivity index (χ4n) is 1.65. The molecule has 0 aliphatic heterocycles. The molecular formula is C14H22N2O5S. The van der Waals surface area contributed by atoms with Crippen LogP contribution in [-0.2, 0) is 14.8 Å². The van der Waals surface area contributed by atoms with Crippen LogP contribution in [0.25, 0.3) is 0 Å². The normalized spacial score (nSPS) is 12.5. The number of methoxy groups -OCH3 is 1. The molecule has 0 aromatic heterocycles. The fraction of sp³-hybridized carbons (Fsp3) is 0.500. The molecule has 0 aliphatic carbocycles. The molecular weight excluding hydrogens is 308 g/mol. The van der Waals surface area contributed by atoms with Gasteiger partial charge in [0.25, 0.3) is 0 Å². The molecule has 22 heavy (non-hydrogen) atoms. The molecule has 0 unspecified atom stereocenters. The zero-order chi connectivity index (χ0) is 16.8. The van der Waals surface area contributed by atoms with Crippen molar-refractivity contribution < 1.29 is 22.7 Å². The molecule has 1 rings (SSSR count). The SMILES string of the molecule is CCOC(=O)Nc1cc(S(=O)(=O)N[C@@H](C)CC)ccc1OC. The fourth-order valence-corrected chi connectivity index (χ4v) is 3.00. The van der Waals surface area contributed by atoms with E-state index in [0.717, 1.165) is 0 Å². The van der Waals surface area contributed by atoms with Gasteiger partial charge in [-0.15, -0.1) is 0 Å². The Labute approximate surface area is 131 Å². The van der Waals surface area contributed by atoms with Crippen molar-refractivity contribution in [3.05, 3.63) is 18.2 Å². The molecule has 0 heterocycles. The third-order valence-corrected chi connectivity index (χ3v) is 4.55. The van der Waals surface area contributed by atoms with Crippen molar-refractivity contribution in [1.29, 1.82) is 0 Å². The van der Waals surface area contributed by atoms with Crippen LogP contribution in [0.2, 0.25) is 0 Å². The third-order valence-electron chi connectivity index (χ3n) is 2.96. The lowest BCUT2D eigenvalue weighted by Gasteiger charge is -2.15. The number of sulfonamides is 1. The molecule has 0 radical (unpaired) electrons. The Morgan fingerprint density at radius 3 is 2.55 bits per heavy atom. The van der Waals surface area contributed by atoms with Crippen LogP contribution in [0.5, 0.6) is 5.75 Å². The molecule has 0 saturated carbocycles. The average molecular weight is 330 g/mol. The van der Waals surface area contributed by atoms with E-state index in [9.17, 15) is 13.2 Å². The highest BCUT2D eigenvalue weighted by Gasteiger charge is 2.19. The highest BCUT2D eigenvalue weighted by molar-refractivity contribution is 7.89. The molecule has 1 aromatic rings. The molecule has 0 bridgehead atoms. The maximum absolute atomic E-state index is 12.3. The van der Waals surface area contributed by atoms with Crippen molar-refractivity contribution in [3.8, 4) is 5.75 Å². The van der Waals surface area contributed by atoms with Crippen LogP contribution in [0.4, 0.5) is 10.5 Å². The quantitative estimate of drug-likeness (QED) is 0.800. The molecule has 8 heteroatoms. The summed E-state index contributed by atoms with van der Waals surface area (Å²) in [7, 11) is -2.24. The summed E-state index contributed by atoms with van der Waals surface area (Å²) in [5, 5.41) is 2.46. The van der Waals surface area contributed by atoms with Crippen molar-refractivity contribution in [2.75, 3.05) is 19.0 Å². The zero-order valence-electron chi connectivity index (χ0n) is 13.2. The van der Waals surface area contributed by atoms with Crippen LogP contribution >= 0.6 is 0 Å². The summed E-state index contributed by atoms with van der Waals surface area (Å²) < 4.78 is 37.0. The van der Waals surface area contributed by atoms with E-state index in [2.05, 4.69) is 10.0 Å². The lowest BCUT2D eigenvalue weighted by atomic mass is 10.3. The summed E-state index contributed by atoms with van der Waals surface area (Å²) in [5.41, 5.74) is 0.230. The van der Waals surface area contributed by atoms with Crippen molar-refractivity contribution in [2.24, 2.45) is 0 Å². The van der Waals surface area contributed by atoms with Crippen molar-refractivity contribution >= 4 is 21.8 Å². The van der Waals surface area contributed by atoms with E-state index in [1.165, 1.54) is 25.3 Å². The Kier molecular flexibility index (Phi) is 6.63. The van der Waals surface area contributed by atoms with Gasteiger partial charge in [-0.05, 0) is 38.5 Å². The summed E-state index contributed by atoms with van der Waals surface area (Å²) in [6, 6.07) is 4.04. The zero-order valence-corrected chi connectivity index (χ0v) is 14.0. The van der Waals surface area contributed by atoms with E-state index in [1.54, 1.807) is 13.8 Å². The van der Waals surface area contributed by atoms with E-state index in [1.807, 2.05) is 6.92 Å². The van der Waals surface area contributed by atoms with Crippen LogP contribution in [0, 0.1) is 0 Å². The van der Waals surface area contributed by atoms with Gasteiger partial charge in [-0.25, -0.2) is 17.9 Å². The van der Waals surface area contributed by atoms with Crippen molar-refractivity contribution in [3.63, 3.8) is 0 Å². The summed E-state index contributed by atoms with van der Waals surface area (Å²) in [6.45, 7) is 5.54. The van der Waals surface area contributed by atoms with Gasteiger partial charge in [0.15, 0.2) is 0 Å². The molecule has 1 amide bonds. The largest absolute Gasteiger partial charge is 0.495 e. The van der Waals surface area contributed by atoms with E-state index < -0.39 is 16.1 Å². The number of nitrogens with one attached hydrogen (secondary N) is 2. The number of ether oxygens (including phenoxy) is 2. The number of carbonyl (C=O) groups is 1. The Bertz CT molecular complexity index is 616. The number of carbonyl (C=O) groups excluding carboxylic acids is 1. The van der Waals surface area contributed by atoms with E-state index in [0.29, 0.717) is 12.2 Å². The van der Waals surface area contributed by atoms with Gasteiger partial charge < -0.3 is 9.47 Å². The molecule has 2 N–H and O–H groups in total. The van der Waals surface area contributed by atoms with Crippen LogP contribution in [0.3, 0.4) is 0 Å². The van der Waals surface area contributed by atoms with Gasteiger partial charge >= 0.3 is 6.09 Å². The Morgan fingerprint density at radius 2 is 2.00 bits per heavy atom. The third kappa shape index (κ3) is 4.88. The minimum absolute atomic E-state index is 0.0420. The molecule has 1 atom stereocenters. The summed E-state index contributed by atoms with van der Waals surface area (Å²) in [5.74, 6) is 0.343. The van der Waals surface area contributed by atoms with Gasteiger partial charge in [0.2, 0.25) is 10.0 Å². The topological polar surface area (TPSA) is 93.7 Å². The standard InChI is InChI=1S/C14H22N2O5S/c1-5-10(3)16-22(18,19)11-7-8-13(20-4)12(9-11)15-14(17)21-6-2/h7-10,16H,5-6H2,1-4H3,(H,15,17)/t10-/m0/s1. The van der Waals surface area contributed by atoms with Crippen LogP contribution in [-0.4, -0.2) is 34.3 Å². The minimum Gasteiger partial charge on any atom is -0.495 e. The number of amides is 1. The van der Waals surface area contributed by atoms with Gasteiger partial charge in [0, 0.05) is 6.04 Å². The Balaban J connectivity index is 3.11. The van der Waals surface area contributed by atoms with Gasteiger partial charge in [-0.2, -0.15) is 0 Å². The molecule has 1 aromatic carbocycles. The number of benzene rings is 1. The Morgan fingerprint density at radius 1 is 1.32 bits per heavy atom. The average Bonchev–Trinajstić information content (AvgIpc) is 2.46. The first-order valence-corrected chi connectivity index (χ1v) is 8.46. The highest BCUT2D eigenvalue weighted by Crippen LogP contribution is 2.27. The van der Waals surface area contributed by atoms with Crippen molar-refractivity contribution in [2.45, 2.75) is 38.1 Å². The van der Waals surface area contributed by atoms with Gasteiger partial charge in [-0.3, -0.25) is 5.32 Å². The van der Waals surface area contributed by atoms with Gasteiger partial charge in [-0.1, -0.05) is 6.92 Å². The molecule has 0 fully saturated rings. The molecule has 0 saturated heterocycles. The summed E-state index contributed by atoms with van der Waals surface area (Å²) in [4.78, 5) is 11.6. The first-order valence-electron chi connectivity index (χ1n) is 6.98. The maximum Gasteiger partial charge on any atom is 0.411 e. The predicted molar refractivity (Wildman–Crippen MR) is 83.7 cm³/mol. The highest BCUT2D eigenvalue weighted by atomic mass is 32.2. The minimum atomic E-state index is -3.66. The molecule has 0 aliphatic rings. The van der Waals surface area contributed by atoms with Crippen LogP contribution in [0.1, 0.15) is 27.2 Å². The van der Waals surface area contributed by atoms with Crippen LogP contribution in [0.15, 0.2) is 23.1 Å². The summed E-state index contributed by atoms with van der Waals surface area (Å²) >= 11 is 0. The maximum atomic E-state index is 12.3. The number of anilines is 1. The Hall–Kier alpha value is -1.80. The molecule has 0 spiro atoms. The van der Waals surface area contributed by atoms with Gasteiger partial charge in [0.1, 0.15) is 5.75 Å². The predicted octanol–water partition coefficient (Wildman–Crippen LogP) is 2.34. The monoisotopic (exact) mass is 330 g/mol. The first-order chi connectivity index (χ1) is 10.3. The second-order valence-electron chi connectivity index (χ2n) is 4.64. The second kappa shape index (κ2) is 8.00. The van der Waals surface area contributed by atoms with E-state index >= 15 is 0 Å². The lowest BCUT2D eigenvalue weighted by molar-refractivity contribution is 0.168. The molecule has 7 nitrogen and oxygen atoms in total. The number of hydrogen-bond acceptors (Lipinski definition) is 5. The first kappa shape index (κ1) is 18.2. The van der Waals surface area contributed by atoms with E-state index in [-0.39, 0.29) is 23.2 Å². The van der Waals surface area contributed by atoms with Gasteiger partial charge in [0.05, 0.1) is 24.3 Å². The number of rotatable bonds is 7.